The minimum Gasteiger partial charge on any atom is -0.387 e. The van der Waals surface area contributed by atoms with Gasteiger partial charge in [-0.1, -0.05) is 24.3 Å². The van der Waals surface area contributed by atoms with Crippen molar-refractivity contribution in [3.63, 3.8) is 0 Å². The van der Waals surface area contributed by atoms with Crippen LogP contribution in [0.25, 0.3) is 0 Å². The van der Waals surface area contributed by atoms with E-state index in [0.29, 0.717) is 25.2 Å². The lowest BCUT2D eigenvalue weighted by atomic mass is 9.83. The van der Waals surface area contributed by atoms with Crippen molar-refractivity contribution in [3.8, 4) is 0 Å². The van der Waals surface area contributed by atoms with Crippen molar-refractivity contribution < 1.29 is 27.8 Å². The van der Waals surface area contributed by atoms with Crippen molar-refractivity contribution in [1.82, 2.24) is 4.90 Å². The van der Waals surface area contributed by atoms with Gasteiger partial charge in [-0.25, -0.2) is 4.39 Å². The monoisotopic (exact) mass is 383 g/mol. The molecule has 0 aromatic heterocycles. The van der Waals surface area contributed by atoms with Gasteiger partial charge in [-0.2, -0.15) is 13.2 Å². The summed E-state index contributed by atoms with van der Waals surface area (Å²) in [6.45, 7) is 1.18. The van der Waals surface area contributed by atoms with E-state index in [1.165, 1.54) is 36.4 Å². The van der Waals surface area contributed by atoms with Crippen LogP contribution in [0.5, 0.6) is 0 Å². The van der Waals surface area contributed by atoms with E-state index >= 15 is 0 Å². The summed E-state index contributed by atoms with van der Waals surface area (Å²) >= 11 is 0. The van der Waals surface area contributed by atoms with Crippen LogP contribution in [-0.2, 0) is 11.8 Å². The molecule has 27 heavy (non-hydrogen) atoms. The van der Waals surface area contributed by atoms with Crippen LogP contribution in [0.4, 0.5) is 17.6 Å². The fourth-order valence-corrected chi connectivity index (χ4v) is 3.41. The van der Waals surface area contributed by atoms with Crippen LogP contribution < -0.4 is 0 Å². The van der Waals surface area contributed by atoms with Crippen molar-refractivity contribution in [3.05, 3.63) is 71.0 Å². The average molecular weight is 383 g/mol. The third-order valence-corrected chi connectivity index (χ3v) is 5.10. The predicted octanol–water partition coefficient (Wildman–Crippen LogP) is 3.86. The second-order valence-corrected chi connectivity index (χ2v) is 6.98. The number of likely N-dealkylation sites (tertiary alicyclic amines) is 1. The first-order chi connectivity index (χ1) is 12.7. The molecule has 3 nitrogen and oxygen atoms in total. The van der Waals surface area contributed by atoms with E-state index in [2.05, 4.69) is 0 Å². The molecular weight excluding hydrogens is 362 g/mol. The van der Waals surface area contributed by atoms with Gasteiger partial charge in [-0.05, 0) is 48.2 Å². The van der Waals surface area contributed by atoms with E-state index in [1.54, 1.807) is 0 Å². The third kappa shape index (κ3) is 4.66. The van der Waals surface area contributed by atoms with Gasteiger partial charge in [-0.15, -0.1) is 0 Å². The normalized spacial score (nSPS) is 19.0. The zero-order valence-corrected chi connectivity index (χ0v) is 14.6. The minimum atomic E-state index is -4.45. The van der Waals surface area contributed by atoms with Gasteiger partial charge in [0.05, 0.1) is 17.3 Å². The first kappa shape index (κ1) is 19.8. The number of piperidine rings is 1. The van der Waals surface area contributed by atoms with E-state index < -0.39 is 23.4 Å². The highest BCUT2D eigenvalue weighted by molar-refractivity contribution is 5.30. The lowest BCUT2D eigenvalue weighted by molar-refractivity contribution is -0.137. The molecule has 0 spiro atoms. The van der Waals surface area contributed by atoms with Crippen LogP contribution in [0.2, 0.25) is 0 Å². The maximum atomic E-state index is 13.0. The number of aliphatic hydroxyl groups excluding tert-OH is 1. The number of halogens is 4. The van der Waals surface area contributed by atoms with Crippen molar-refractivity contribution in [2.45, 2.75) is 30.7 Å². The molecule has 3 rings (SSSR count). The van der Waals surface area contributed by atoms with Gasteiger partial charge in [0.1, 0.15) is 5.82 Å². The Balaban J connectivity index is 1.63. The quantitative estimate of drug-likeness (QED) is 0.788. The summed E-state index contributed by atoms with van der Waals surface area (Å²) in [6.07, 6.45) is -4.72. The Morgan fingerprint density at radius 2 is 1.67 bits per heavy atom. The summed E-state index contributed by atoms with van der Waals surface area (Å²) in [5.41, 5.74) is -1.24. The van der Waals surface area contributed by atoms with Crippen molar-refractivity contribution in [2.24, 2.45) is 0 Å². The Bertz CT molecular complexity index is 768. The fourth-order valence-electron chi connectivity index (χ4n) is 3.41. The Kier molecular flexibility index (Phi) is 5.55. The van der Waals surface area contributed by atoms with Gasteiger partial charge in [0, 0.05) is 19.6 Å². The number of hydrogen-bond donors (Lipinski definition) is 2. The number of β-amino-alcohol motifs (C(OH)–C–C–N with tert-alkyl or cyclic N) is 1. The SMILES string of the molecule is O[C@@H](CN1CCC(O)(c2cccc(C(F)(F)F)c2)CC1)c1ccc(F)cc1. The summed E-state index contributed by atoms with van der Waals surface area (Å²) in [4.78, 5) is 1.94. The topological polar surface area (TPSA) is 43.7 Å². The highest BCUT2D eigenvalue weighted by atomic mass is 19.4. The van der Waals surface area contributed by atoms with E-state index in [4.69, 9.17) is 0 Å². The van der Waals surface area contributed by atoms with Crippen LogP contribution in [0, 0.1) is 5.82 Å². The molecule has 146 valence electrons. The van der Waals surface area contributed by atoms with Gasteiger partial charge < -0.3 is 15.1 Å². The minimum absolute atomic E-state index is 0.260. The molecule has 0 saturated carbocycles. The second kappa shape index (κ2) is 7.58. The van der Waals surface area contributed by atoms with Crippen LogP contribution >= 0.6 is 0 Å². The molecule has 2 aromatic carbocycles. The number of benzene rings is 2. The maximum Gasteiger partial charge on any atom is 0.416 e. The summed E-state index contributed by atoms with van der Waals surface area (Å²) in [5.74, 6) is -0.380. The zero-order chi connectivity index (χ0) is 19.7. The number of nitrogens with zero attached hydrogens (tertiary/aromatic N) is 1. The first-order valence-corrected chi connectivity index (χ1v) is 8.73. The van der Waals surface area contributed by atoms with E-state index in [0.717, 1.165) is 12.1 Å². The van der Waals surface area contributed by atoms with Gasteiger partial charge in [-0.3, -0.25) is 0 Å². The molecule has 2 aromatic rings. The molecule has 0 unspecified atom stereocenters. The molecule has 1 atom stereocenters. The Labute approximate surface area is 154 Å². The fraction of sp³-hybridized carbons (Fsp3) is 0.400. The van der Waals surface area contributed by atoms with Crippen LogP contribution in [0.1, 0.15) is 35.6 Å². The highest BCUT2D eigenvalue weighted by Crippen LogP contribution is 2.37. The second-order valence-electron chi connectivity index (χ2n) is 6.98. The summed E-state index contributed by atoms with van der Waals surface area (Å²) in [7, 11) is 0. The summed E-state index contributed by atoms with van der Waals surface area (Å²) < 4.78 is 51.7. The average Bonchev–Trinajstić information content (AvgIpc) is 2.64. The van der Waals surface area contributed by atoms with Gasteiger partial charge in [0.2, 0.25) is 0 Å². The molecule has 0 radical (unpaired) electrons. The summed E-state index contributed by atoms with van der Waals surface area (Å²) in [6, 6.07) is 10.4. The number of hydrogen-bond acceptors (Lipinski definition) is 3. The van der Waals surface area contributed by atoms with E-state index in [1.807, 2.05) is 4.90 Å². The van der Waals surface area contributed by atoms with Gasteiger partial charge in [0.25, 0.3) is 0 Å². The maximum absolute atomic E-state index is 13.0. The van der Waals surface area contributed by atoms with Crippen molar-refractivity contribution >= 4 is 0 Å². The zero-order valence-electron chi connectivity index (χ0n) is 14.6. The molecule has 2 N–H and O–H groups in total. The Morgan fingerprint density at radius 1 is 1.04 bits per heavy atom. The third-order valence-electron chi connectivity index (χ3n) is 5.10. The van der Waals surface area contributed by atoms with Crippen molar-refractivity contribution in [1.29, 1.82) is 0 Å². The molecule has 7 heteroatoms. The first-order valence-electron chi connectivity index (χ1n) is 8.73. The number of aliphatic hydroxyl groups is 2. The smallest absolute Gasteiger partial charge is 0.387 e. The molecular formula is C20H21F4NO2. The van der Waals surface area contributed by atoms with E-state index in [-0.39, 0.29) is 24.2 Å². The molecule has 1 heterocycles. The van der Waals surface area contributed by atoms with Crippen LogP contribution in [0.15, 0.2) is 48.5 Å². The predicted molar refractivity (Wildman–Crippen MR) is 92.4 cm³/mol. The molecule has 0 bridgehead atoms. The lowest BCUT2D eigenvalue weighted by Gasteiger charge is -2.39. The molecule has 1 saturated heterocycles. The Morgan fingerprint density at radius 3 is 2.26 bits per heavy atom. The van der Waals surface area contributed by atoms with E-state index in [9.17, 15) is 27.8 Å². The molecule has 0 aliphatic carbocycles. The standard InChI is InChI=1S/C20H21F4NO2/c21-17-6-4-14(5-7-17)18(26)13-25-10-8-19(27,9-11-25)15-2-1-3-16(12-15)20(22,23)24/h1-7,12,18,26-27H,8-11,13H2/t18-/m0/s1. The van der Waals surface area contributed by atoms with Crippen LogP contribution in [0.3, 0.4) is 0 Å². The number of alkyl halides is 3. The largest absolute Gasteiger partial charge is 0.416 e. The molecule has 1 aliphatic rings. The molecule has 1 fully saturated rings. The van der Waals surface area contributed by atoms with Gasteiger partial charge in [0.15, 0.2) is 0 Å². The Hall–Kier alpha value is -1.96. The molecule has 0 amide bonds. The number of rotatable bonds is 4. The van der Waals surface area contributed by atoms with Crippen LogP contribution in [-0.4, -0.2) is 34.7 Å². The summed E-state index contributed by atoms with van der Waals surface area (Å²) in [5, 5.41) is 21.1. The molecule has 1 aliphatic heterocycles. The lowest BCUT2D eigenvalue weighted by Crippen LogP contribution is -2.44. The highest BCUT2D eigenvalue weighted by Gasteiger charge is 2.37. The van der Waals surface area contributed by atoms with Gasteiger partial charge >= 0.3 is 6.18 Å². The van der Waals surface area contributed by atoms with Crippen molar-refractivity contribution in [2.75, 3.05) is 19.6 Å².